The molecule has 18 nitrogen and oxygen atoms in total. The van der Waals surface area contributed by atoms with Gasteiger partial charge in [0.2, 0.25) is 23.6 Å². The number of anilines is 1. The van der Waals surface area contributed by atoms with Crippen LogP contribution in [-0.2, 0) is 39.9 Å². The number of aliphatic imine (C=N–C) groups is 1. The number of aromatic hydroxyl groups is 1. The number of carbonyl (C=O) groups excluding carboxylic acids is 5. The molecule has 2 aromatic carbocycles. The van der Waals surface area contributed by atoms with Crippen LogP contribution in [0.5, 0.6) is 5.75 Å². The molecule has 1 aliphatic heterocycles. The summed E-state index contributed by atoms with van der Waals surface area (Å²) in [4.78, 5) is 91.9. The van der Waals surface area contributed by atoms with Crippen molar-refractivity contribution in [2.45, 2.75) is 76.2 Å². The molecular weight excluding hydrogens is 775 g/mol. The molecule has 0 saturated carbocycles. The Balaban J connectivity index is 0.00000117. The standard InChI is InChI=1S/C35H43N7O9.C2HF3O2/c1-20-17-31(46)51-28-19-22(9-12-24(20)28)39-32(47)26(18-21-7-10-23(43)11-8-21)41-33(48)27-6-4-16-42(27)34(49)25(5-3-15-38-35(36)37)40-29(44)13-14-30(45)50-2;3-2(4,5)1(6)7/h7-12,17,19,25-27,43H,3-6,13-16,18H2,1-2H3,(H,39,47)(H,40,44)(H,41,48)(H4,36,37,38);(H,6,7)/t25-,26-,27-;/m0./s1. The number of guanidine groups is 1. The summed E-state index contributed by atoms with van der Waals surface area (Å²) in [6.07, 6.45) is -4.12. The van der Waals surface area contributed by atoms with Gasteiger partial charge in [-0.15, -0.1) is 0 Å². The number of nitrogens with one attached hydrogen (secondary N) is 3. The number of fused-ring (bicyclic) bond motifs is 1. The maximum Gasteiger partial charge on any atom is 0.490 e. The fourth-order valence-corrected chi connectivity index (χ4v) is 5.83. The summed E-state index contributed by atoms with van der Waals surface area (Å²) >= 11 is 0. The zero-order chi connectivity index (χ0) is 43.2. The van der Waals surface area contributed by atoms with Crippen molar-refractivity contribution < 1.29 is 61.3 Å². The molecule has 0 radical (unpaired) electrons. The summed E-state index contributed by atoms with van der Waals surface area (Å²) in [6.45, 7) is 2.20. The average Bonchev–Trinajstić information content (AvgIpc) is 3.65. The Hall–Kier alpha value is -6.67. The topological polar surface area (TPSA) is 286 Å². The highest BCUT2D eigenvalue weighted by Crippen LogP contribution is 2.23. The van der Waals surface area contributed by atoms with E-state index in [0.29, 0.717) is 41.5 Å². The number of phenolic OH excluding ortho intramolecular Hbond substituents is 1. The van der Waals surface area contributed by atoms with E-state index in [2.05, 4.69) is 25.7 Å². The number of methoxy groups -OCH3 is 1. The molecule has 0 bridgehead atoms. The van der Waals surface area contributed by atoms with Crippen molar-refractivity contribution in [3.05, 3.63) is 70.1 Å². The molecule has 1 aliphatic rings. The zero-order valence-corrected chi connectivity index (χ0v) is 31.5. The molecule has 4 rings (SSSR count). The Kier molecular flexibility index (Phi) is 16.6. The molecule has 1 fully saturated rings. The third-order valence-corrected chi connectivity index (χ3v) is 8.67. The largest absolute Gasteiger partial charge is 0.508 e. The number of hydrogen-bond acceptors (Lipinski definition) is 11. The molecule has 3 atom stereocenters. The van der Waals surface area contributed by atoms with Crippen LogP contribution in [0.4, 0.5) is 18.9 Å². The Bertz CT molecular complexity index is 2050. The SMILES string of the molecule is COC(=O)CCC(=O)N[C@@H](CCCN=C(N)N)C(=O)N1CCC[C@H]1C(=O)N[C@@H](Cc1ccc(O)cc1)C(=O)Nc1ccc2c(C)cc(=O)oc2c1.O=C(O)C(F)(F)F. The molecule has 4 amide bonds. The van der Waals surface area contributed by atoms with Gasteiger partial charge in [0.05, 0.1) is 13.5 Å². The Morgan fingerprint density at radius 1 is 1.02 bits per heavy atom. The zero-order valence-electron chi connectivity index (χ0n) is 31.5. The van der Waals surface area contributed by atoms with E-state index in [1.165, 1.54) is 36.3 Å². The van der Waals surface area contributed by atoms with E-state index >= 15 is 0 Å². The lowest BCUT2D eigenvalue weighted by Crippen LogP contribution is -2.56. The number of halogens is 3. The predicted molar refractivity (Wildman–Crippen MR) is 201 cm³/mol. The van der Waals surface area contributed by atoms with Gasteiger partial charge >= 0.3 is 23.7 Å². The monoisotopic (exact) mass is 819 g/mol. The van der Waals surface area contributed by atoms with Crippen molar-refractivity contribution in [3.63, 3.8) is 0 Å². The number of carboxylic acid groups (broad SMARTS) is 1. The van der Waals surface area contributed by atoms with Gasteiger partial charge in [-0.1, -0.05) is 12.1 Å². The number of phenols is 1. The Morgan fingerprint density at radius 2 is 1.69 bits per heavy atom. The van der Waals surface area contributed by atoms with Crippen molar-refractivity contribution in [2.24, 2.45) is 16.5 Å². The number of amides is 4. The first-order chi connectivity index (χ1) is 27.3. The highest BCUT2D eigenvalue weighted by Gasteiger charge is 2.39. The van der Waals surface area contributed by atoms with Crippen LogP contribution in [0, 0.1) is 6.92 Å². The number of alkyl halides is 3. The molecule has 0 spiro atoms. The minimum Gasteiger partial charge on any atom is -0.508 e. The minimum absolute atomic E-state index is 0.0297. The third-order valence-electron chi connectivity index (χ3n) is 8.67. The highest BCUT2D eigenvalue weighted by atomic mass is 19.4. The van der Waals surface area contributed by atoms with E-state index in [0.717, 1.165) is 0 Å². The molecule has 9 N–H and O–H groups in total. The molecule has 1 saturated heterocycles. The number of aryl methyl sites for hydroxylation is 1. The first kappa shape index (κ1) is 45.7. The normalized spacial score (nSPS) is 14.6. The number of rotatable bonds is 15. The number of aliphatic carboxylic acids is 1. The van der Waals surface area contributed by atoms with Crippen molar-refractivity contribution in [2.75, 3.05) is 25.5 Å². The molecule has 1 aromatic heterocycles. The van der Waals surface area contributed by atoms with Gasteiger partial charge in [0.1, 0.15) is 29.5 Å². The fourth-order valence-electron chi connectivity index (χ4n) is 5.83. The number of benzene rings is 2. The number of nitrogens with zero attached hydrogens (tertiary/aromatic N) is 2. The van der Waals surface area contributed by atoms with Gasteiger partial charge in [-0.05, 0) is 68.0 Å². The number of hydrogen-bond donors (Lipinski definition) is 7. The van der Waals surface area contributed by atoms with Crippen LogP contribution in [-0.4, -0.2) is 101 Å². The molecular formula is C37H44F3N7O11. The lowest BCUT2D eigenvalue weighted by atomic mass is 10.0. The van der Waals surface area contributed by atoms with Crippen LogP contribution in [0.3, 0.4) is 0 Å². The van der Waals surface area contributed by atoms with Gasteiger partial charge in [0, 0.05) is 49.1 Å². The van der Waals surface area contributed by atoms with E-state index in [9.17, 15) is 47.0 Å². The smallest absolute Gasteiger partial charge is 0.490 e. The summed E-state index contributed by atoms with van der Waals surface area (Å²) in [5, 5.41) is 25.8. The van der Waals surface area contributed by atoms with E-state index in [4.69, 9.17) is 25.8 Å². The predicted octanol–water partition coefficient (Wildman–Crippen LogP) is 1.59. The van der Waals surface area contributed by atoms with Crippen LogP contribution < -0.4 is 33.0 Å². The maximum absolute atomic E-state index is 13.9. The number of carbonyl (C=O) groups is 6. The minimum atomic E-state index is -5.08. The summed E-state index contributed by atoms with van der Waals surface area (Å²) < 4.78 is 41.6. The second kappa shape index (κ2) is 21.0. The average molecular weight is 820 g/mol. The van der Waals surface area contributed by atoms with E-state index in [1.807, 2.05) is 0 Å². The lowest BCUT2D eigenvalue weighted by Gasteiger charge is -2.30. The summed E-state index contributed by atoms with van der Waals surface area (Å²) in [7, 11) is 1.21. The van der Waals surface area contributed by atoms with Crippen LogP contribution in [0.1, 0.15) is 49.7 Å². The fraction of sp³-hybridized carbons (Fsp3) is 0.405. The van der Waals surface area contributed by atoms with E-state index in [1.54, 1.807) is 31.2 Å². The van der Waals surface area contributed by atoms with Gasteiger partial charge in [0.25, 0.3) is 0 Å². The van der Waals surface area contributed by atoms with Crippen molar-refractivity contribution in [1.29, 1.82) is 0 Å². The van der Waals surface area contributed by atoms with Crippen LogP contribution in [0.25, 0.3) is 11.0 Å². The third kappa shape index (κ3) is 14.1. The maximum atomic E-state index is 13.9. The second-order valence-electron chi connectivity index (χ2n) is 13.0. The summed E-state index contributed by atoms with van der Waals surface area (Å²) in [5.41, 5.74) is 12.3. The number of ether oxygens (including phenoxy) is 1. The summed E-state index contributed by atoms with van der Waals surface area (Å²) in [6, 6.07) is 9.31. The quantitative estimate of drug-likeness (QED) is 0.0378. The Labute approximate surface area is 328 Å². The van der Waals surface area contributed by atoms with Crippen LogP contribution >= 0.6 is 0 Å². The molecule has 314 valence electrons. The van der Waals surface area contributed by atoms with Crippen LogP contribution in [0.2, 0.25) is 0 Å². The molecule has 21 heteroatoms. The van der Waals surface area contributed by atoms with Gasteiger partial charge in [0.15, 0.2) is 5.96 Å². The molecule has 0 unspecified atom stereocenters. The number of carboxylic acids is 1. The van der Waals surface area contributed by atoms with Crippen molar-refractivity contribution in [1.82, 2.24) is 15.5 Å². The van der Waals surface area contributed by atoms with E-state index < -0.39 is 65.5 Å². The number of esters is 1. The lowest BCUT2D eigenvalue weighted by molar-refractivity contribution is -0.192. The molecule has 3 aromatic rings. The van der Waals surface area contributed by atoms with Gasteiger partial charge < -0.3 is 51.7 Å². The molecule has 58 heavy (non-hydrogen) atoms. The van der Waals surface area contributed by atoms with Gasteiger partial charge in [-0.3, -0.25) is 29.0 Å². The van der Waals surface area contributed by atoms with E-state index in [-0.39, 0.29) is 56.1 Å². The van der Waals surface area contributed by atoms with Gasteiger partial charge in [-0.2, -0.15) is 13.2 Å². The molecule has 2 heterocycles. The Morgan fingerprint density at radius 3 is 2.31 bits per heavy atom. The number of nitrogens with two attached hydrogens (primary N) is 2. The van der Waals surface area contributed by atoms with Crippen molar-refractivity contribution in [3.8, 4) is 5.75 Å². The van der Waals surface area contributed by atoms with Crippen LogP contribution in [0.15, 0.2) is 62.7 Å². The van der Waals surface area contributed by atoms with Crippen molar-refractivity contribution >= 4 is 58.2 Å². The summed E-state index contributed by atoms with van der Waals surface area (Å²) in [5.74, 6) is -5.62. The molecule has 0 aliphatic carbocycles. The first-order valence-corrected chi connectivity index (χ1v) is 17.7. The van der Waals surface area contributed by atoms with Gasteiger partial charge in [-0.25, -0.2) is 9.59 Å². The highest BCUT2D eigenvalue weighted by molar-refractivity contribution is 6.00. The second-order valence-corrected chi connectivity index (χ2v) is 13.0. The first-order valence-electron chi connectivity index (χ1n) is 17.7. The number of likely N-dealkylation sites (tertiary alicyclic amines) is 1.